The van der Waals surface area contributed by atoms with Crippen molar-refractivity contribution in [1.29, 1.82) is 0 Å². The number of hydrogen-bond acceptors (Lipinski definition) is 1. The Kier molecular flexibility index (Phi) is 19.8. The highest BCUT2D eigenvalue weighted by Crippen LogP contribution is 2.47. The Balaban J connectivity index is 1.27. The van der Waals surface area contributed by atoms with Crippen molar-refractivity contribution in [2.75, 3.05) is 13.2 Å². The van der Waals surface area contributed by atoms with E-state index in [0.29, 0.717) is 0 Å². The Morgan fingerprint density at radius 1 is 0.362 bits per heavy atom. The average molecular weight is 655 g/mol. The second-order valence-electron chi connectivity index (χ2n) is 18.2. The van der Waals surface area contributed by atoms with E-state index in [1.807, 2.05) is 0 Å². The lowest BCUT2D eigenvalue weighted by Gasteiger charge is -2.41. The van der Waals surface area contributed by atoms with Crippen molar-refractivity contribution in [2.45, 2.75) is 220 Å². The van der Waals surface area contributed by atoms with Crippen molar-refractivity contribution >= 4 is 0 Å². The molecule has 2 unspecified atom stereocenters. The molecule has 0 aromatic heterocycles. The van der Waals surface area contributed by atoms with Gasteiger partial charge in [0.1, 0.15) is 0 Å². The van der Waals surface area contributed by atoms with Crippen molar-refractivity contribution in [3.63, 3.8) is 0 Å². The van der Waals surface area contributed by atoms with Gasteiger partial charge in [-0.15, -0.1) is 0 Å². The number of ether oxygens (including phenoxy) is 1. The van der Waals surface area contributed by atoms with Gasteiger partial charge in [0.2, 0.25) is 0 Å². The van der Waals surface area contributed by atoms with Gasteiger partial charge in [-0.1, -0.05) is 156 Å². The molecule has 0 N–H and O–H groups in total. The molecular weight excluding hydrogens is 569 g/mol. The minimum atomic E-state index is 0.946. The minimum Gasteiger partial charge on any atom is -0.381 e. The molecule has 4 aliphatic carbocycles. The molecule has 4 fully saturated rings. The van der Waals surface area contributed by atoms with E-state index >= 15 is 0 Å². The van der Waals surface area contributed by atoms with E-state index in [9.17, 15) is 0 Å². The van der Waals surface area contributed by atoms with Gasteiger partial charge in [0.05, 0.1) is 0 Å². The Bertz CT molecular complexity index is 666. The predicted molar refractivity (Wildman–Crippen MR) is 207 cm³/mol. The Hall–Kier alpha value is -0.0400. The van der Waals surface area contributed by atoms with Gasteiger partial charge in [-0.3, -0.25) is 0 Å². The standard InChI is InChI=1S/C46H86O/c1-5-9-11-15-39-21-29-43(30-22-39)45(41-25-17-37(13-7-3)18-26-41)33-35-47-36-34-46(42-27-19-38(14-8-4)20-28-42)44-31-23-40(24-32-44)16-12-10-6-2/h37-46H,5-36H2,1-4H3/t37-,38-,39-,40-,41-,42-,43-,44-,45?,46?. The molecule has 0 radical (unpaired) electrons. The molecule has 0 saturated heterocycles. The van der Waals surface area contributed by atoms with Gasteiger partial charge in [0.15, 0.2) is 0 Å². The van der Waals surface area contributed by atoms with Crippen LogP contribution in [0.15, 0.2) is 0 Å². The van der Waals surface area contributed by atoms with Crippen LogP contribution < -0.4 is 0 Å². The highest BCUT2D eigenvalue weighted by atomic mass is 16.5. The first-order valence-electron chi connectivity index (χ1n) is 22.7. The molecule has 0 amide bonds. The lowest BCUT2D eigenvalue weighted by molar-refractivity contribution is 0.0368. The molecular formula is C46H86O. The maximum absolute atomic E-state index is 6.75. The second-order valence-corrected chi connectivity index (χ2v) is 18.2. The molecule has 2 atom stereocenters. The van der Waals surface area contributed by atoms with E-state index in [2.05, 4.69) is 27.7 Å². The summed E-state index contributed by atoms with van der Waals surface area (Å²) in [5, 5.41) is 0. The zero-order valence-corrected chi connectivity index (χ0v) is 32.8. The molecule has 0 aromatic rings. The Morgan fingerprint density at radius 2 is 0.660 bits per heavy atom. The largest absolute Gasteiger partial charge is 0.381 e. The van der Waals surface area contributed by atoms with Crippen LogP contribution in [0.1, 0.15) is 220 Å². The first kappa shape index (κ1) is 39.7. The van der Waals surface area contributed by atoms with Gasteiger partial charge in [-0.05, 0) is 123 Å². The lowest BCUT2D eigenvalue weighted by atomic mass is 9.65. The first-order chi connectivity index (χ1) is 23.1. The summed E-state index contributed by atoms with van der Waals surface area (Å²) in [4.78, 5) is 0. The fourth-order valence-electron chi connectivity index (χ4n) is 12.1. The van der Waals surface area contributed by atoms with Gasteiger partial charge >= 0.3 is 0 Å². The van der Waals surface area contributed by atoms with E-state index in [1.165, 1.54) is 193 Å². The Morgan fingerprint density at radius 3 is 0.936 bits per heavy atom. The molecule has 0 spiro atoms. The Labute approximate surface area is 296 Å². The summed E-state index contributed by atoms with van der Waals surface area (Å²) < 4.78 is 6.75. The molecule has 4 saturated carbocycles. The van der Waals surface area contributed by atoms with Crippen molar-refractivity contribution in [2.24, 2.45) is 59.2 Å². The number of rotatable bonds is 22. The lowest BCUT2D eigenvalue weighted by Crippen LogP contribution is -2.32. The summed E-state index contributed by atoms with van der Waals surface area (Å²) in [6.07, 6.45) is 44.5. The van der Waals surface area contributed by atoms with Gasteiger partial charge in [-0.2, -0.15) is 0 Å². The van der Waals surface area contributed by atoms with Crippen LogP contribution >= 0.6 is 0 Å². The van der Waals surface area contributed by atoms with Crippen LogP contribution in [0.25, 0.3) is 0 Å². The third kappa shape index (κ3) is 13.9. The van der Waals surface area contributed by atoms with E-state index in [0.717, 1.165) is 72.4 Å². The summed E-state index contributed by atoms with van der Waals surface area (Å²) in [5.41, 5.74) is 0. The number of hydrogen-bond donors (Lipinski definition) is 0. The van der Waals surface area contributed by atoms with Crippen LogP contribution in [0.4, 0.5) is 0 Å². The van der Waals surface area contributed by atoms with E-state index in [1.54, 1.807) is 0 Å². The fourth-order valence-corrected chi connectivity index (χ4v) is 12.1. The van der Waals surface area contributed by atoms with E-state index in [4.69, 9.17) is 4.74 Å². The average Bonchev–Trinajstić information content (AvgIpc) is 3.10. The van der Waals surface area contributed by atoms with Crippen molar-refractivity contribution in [3.8, 4) is 0 Å². The molecule has 1 heteroatoms. The highest BCUT2D eigenvalue weighted by Gasteiger charge is 2.36. The summed E-state index contributed by atoms with van der Waals surface area (Å²) >= 11 is 0. The third-order valence-corrected chi connectivity index (χ3v) is 15.0. The van der Waals surface area contributed by atoms with Crippen LogP contribution in [-0.2, 0) is 4.74 Å². The summed E-state index contributed by atoms with van der Waals surface area (Å²) in [7, 11) is 0. The van der Waals surface area contributed by atoms with Crippen LogP contribution in [0.5, 0.6) is 0 Å². The summed E-state index contributed by atoms with van der Waals surface area (Å²) in [6, 6.07) is 0. The second kappa shape index (κ2) is 23.4. The van der Waals surface area contributed by atoms with Crippen LogP contribution in [-0.4, -0.2) is 13.2 Å². The molecule has 1 nitrogen and oxygen atoms in total. The molecule has 0 aliphatic heterocycles. The van der Waals surface area contributed by atoms with Gasteiger partial charge in [0, 0.05) is 13.2 Å². The zero-order chi connectivity index (χ0) is 33.1. The first-order valence-corrected chi connectivity index (χ1v) is 22.7. The fraction of sp³-hybridized carbons (Fsp3) is 1.00. The molecule has 4 rings (SSSR count). The van der Waals surface area contributed by atoms with Crippen molar-refractivity contribution in [1.82, 2.24) is 0 Å². The normalized spacial score (nSPS) is 33.4. The number of unbranched alkanes of at least 4 members (excludes halogenated alkanes) is 4. The molecule has 0 aromatic carbocycles. The van der Waals surface area contributed by atoms with Crippen LogP contribution in [0, 0.1) is 59.2 Å². The SMILES string of the molecule is CCCCC[C@H]1CC[C@H](C(CCOCCC([C@H]2CC[C@H](CCC)CC2)[C@H]2CC[C@H](CCCCC)CC2)[C@H]2CC[C@H](CCC)CC2)CC1. The van der Waals surface area contributed by atoms with Crippen molar-refractivity contribution in [3.05, 3.63) is 0 Å². The van der Waals surface area contributed by atoms with Gasteiger partial charge in [-0.25, -0.2) is 0 Å². The van der Waals surface area contributed by atoms with Gasteiger partial charge < -0.3 is 4.74 Å². The maximum Gasteiger partial charge on any atom is 0.0468 e. The molecule has 0 heterocycles. The minimum absolute atomic E-state index is 0.946. The van der Waals surface area contributed by atoms with Crippen LogP contribution in [0.3, 0.4) is 0 Å². The zero-order valence-electron chi connectivity index (χ0n) is 32.8. The summed E-state index contributed by atoms with van der Waals surface area (Å²) in [6.45, 7) is 11.6. The molecule has 47 heavy (non-hydrogen) atoms. The monoisotopic (exact) mass is 655 g/mol. The molecule has 4 aliphatic rings. The van der Waals surface area contributed by atoms with E-state index in [-0.39, 0.29) is 0 Å². The smallest absolute Gasteiger partial charge is 0.0468 e. The molecule has 0 bridgehead atoms. The van der Waals surface area contributed by atoms with Crippen LogP contribution in [0.2, 0.25) is 0 Å². The van der Waals surface area contributed by atoms with Gasteiger partial charge in [0.25, 0.3) is 0 Å². The topological polar surface area (TPSA) is 9.23 Å². The maximum atomic E-state index is 6.75. The third-order valence-electron chi connectivity index (χ3n) is 15.0. The highest BCUT2D eigenvalue weighted by molar-refractivity contribution is 4.87. The van der Waals surface area contributed by atoms with Crippen molar-refractivity contribution < 1.29 is 4.74 Å². The molecule has 276 valence electrons. The summed E-state index contributed by atoms with van der Waals surface area (Å²) in [5.74, 6) is 10.00. The predicted octanol–water partition coefficient (Wildman–Crippen LogP) is 15.0. The quantitative estimate of drug-likeness (QED) is 0.106. The van der Waals surface area contributed by atoms with E-state index < -0.39 is 0 Å².